The van der Waals surface area contributed by atoms with E-state index in [2.05, 4.69) is 10.6 Å². The van der Waals surface area contributed by atoms with Crippen LogP contribution in [0.1, 0.15) is 27.6 Å². The Labute approximate surface area is 139 Å². The number of benzene rings is 2. The van der Waals surface area contributed by atoms with E-state index >= 15 is 0 Å². The van der Waals surface area contributed by atoms with E-state index in [1.807, 2.05) is 6.92 Å². The molecule has 0 atom stereocenters. The lowest BCUT2D eigenvalue weighted by atomic mass is 10.1. The summed E-state index contributed by atoms with van der Waals surface area (Å²) >= 11 is 0. The van der Waals surface area contributed by atoms with Crippen LogP contribution in [-0.2, 0) is 0 Å². The molecule has 0 aromatic heterocycles. The second-order valence-corrected chi connectivity index (χ2v) is 5.23. The molecule has 0 saturated heterocycles. The van der Waals surface area contributed by atoms with Crippen molar-refractivity contribution in [2.75, 3.05) is 25.1 Å². The summed E-state index contributed by atoms with van der Waals surface area (Å²) in [5.74, 6) is 0.768. The van der Waals surface area contributed by atoms with Gasteiger partial charge in [0.25, 0.3) is 11.8 Å². The van der Waals surface area contributed by atoms with Crippen LogP contribution in [0.25, 0.3) is 0 Å². The standard InChI is InChI=1S/C18H18N2O4/c1-2-23-14-6-3-12(4-7-14)17(21)20-13-5-8-16-15(11-13)18(22)19-9-10-24-16/h3-8,11H,2,9-10H2,1H3,(H,19,22)(H,20,21). The highest BCUT2D eigenvalue weighted by Gasteiger charge is 2.17. The van der Waals surface area contributed by atoms with Gasteiger partial charge in [-0.15, -0.1) is 0 Å². The lowest BCUT2D eigenvalue weighted by Crippen LogP contribution is -2.24. The number of hydrogen-bond donors (Lipinski definition) is 2. The Kier molecular flexibility index (Phi) is 4.65. The number of fused-ring (bicyclic) bond motifs is 1. The van der Waals surface area contributed by atoms with Crippen molar-refractivity contribution in [2.24, 2.45) is 0 Å². The lowest BCUT2D eigenvalue weighted by Gasteiger charge is -2.10. The Morgan fingerprint density at radius 2 is 2.04 bits per heavy atom. The van der Waals surface area contributed by atoms with Gasteiger partial charge < -0.3 is 20.1 Å². The minimum Gasteiger partial charge on any atom is -0.494 e. The Bertz CT molecular complexity index is 756. The van der Waals surface area contributed by atoms with Gasteiger partial charge in [-0.2, -0.15) is 0 Å². The topological polar surface area (TPSA) is 76.7 Å². The van der Waals surface area contributed by atoms with Crippen LogP contribution >= 0.6 is 0 Å². The van der Waals surface area contributed by atoms with E-state index in [1.165, 1.54) is 0 Å². The predicted molar refractivity (Wildman–Crippen MR) is 89.8 cm³/mol. The number of amides is 2. The maximum absolute atomic E-state index is 12.3. The summed E-state index contributed by atoms with van der Waals surface area (Å²) in [6.45, 7) is 3.36. The molecule has 6 heteroatoms. The molecule has 6 nitrogen and oxygen atoms in total. The molecule has 0 fully saturated rings. The summed E-state index contributed by atoms with van der Waals surface area (Å²) in [4.78, 5) is 24.3. The molecule has 2 amide bonds. The van der Waals surface area contributed by atoms with Crippen LogP contribution in [0.15, 0.2) is 42.5 Å². The van der Waals surface area contributed by atoms with Crippen LogP contribution in [0.5, 0.6) is 11.5 Å². The normalized spacial score (nSPS) is 13.1. The summed E-state index contributed by atoms with van der Waals surface area (Å²) < 4.78 is 10.8. The van der Waals surface area contributed by atoms with Gasteiger partial charge in [-0.1, -0.05) is 0 Å². The van der Waals surface area contributed by atoms with Crippen molar-refractivity contribution >= 4 is 17.5 Å². The van der Waals surface area contributed by atoms with Crippen molar-refractivity contribution in [3.05, 3.63) is 53.6 Å². The van der Waals surface area contributed by atoms with Crippen LogP contribution in [0.3, 0.4) is 0 Å². The third kappa shape index (κ3) is 3.48. The van der Waals surface area contributed by atoms with Crippen molar-refractivity contribution in [2.45, 2.75) is 6.92 Å². The average Bonchev–Trinajstić information content (AvgIpc) is 2.77. The minimum absolute atomic E-state index is 0.209. The molecule has 0 spiro atoms. The largest absolute Gasteiger partial charge is 0.494 e. The summed E-state index contributed by atoms with van der Waals surface area (Å²) in [5.41, 5.74) is 1.46. The molecule has 124 valence electrons. The lowest BCUT2D eigenvalue weighted by molar-refractivity contribution is 0.0955. The zero-order chi connectivity index (χ0) is 16.9. The first kappa shape index (κ1) is 15.9. The van der Waals surface area contributed by atoms with Gasteiger partial charge in [0.1, 0.15) is 18.1 Å². The predicted octanol–water partition coefficient (Wildman–Crippen LogP) is 2.46. The van der Waals surface area contributed by atoms with Crippen LogP contribution < -0.4 is 20.1 Å². The monoisotopic (exact) mass is 326 g/mol. The summed E-state index contributed by atoms with van der Waals surface area (Å²) in [6, 6.07) is 11.9. The second kappa shape index (κ2) is 7.04. The average molecular weight is 326 g/mol. The molecule has 0 saturated carbocycles. The zero-order valence-electron chi connectivity index (χ0n) is 13.3. The van der Waals surface area contributed by atoms with Crippen molar-refractivity contribution in [1.29, 1.82) is 0 Å². The van der Waals surface area contributed by atoms with Crippen molar-refractivity contribution in [1.82, 2.24) is 5.32 Å². The first-order chi connectivity index (χ1) is 11.7. The SMILES string of the molecule is CCOc1ccc(C(=O)Nc2ccc3c(c2)C(=O)NCCO3)cc1. The number of carbonyl (C=O) groups excluding carboxylic acids is 2. The van der Waals surface area contributed by atoms with Crippen molar-refractivity contribution < 1.29 is 19.1 Å². The Balaban J connectivity index is 1.76. The van der Waals surface area contributed by atoms with E-state index in [4.69, 9.17) is 9.47 Å². The molecule has 2 aromatic carbocycles. The fourth-order valence-electron chi connectivity index (χ4n) is 2.40. The molecule has 0 bridgehead atoms. The van der Waals surface area contributed by atoms with Crippen molar-refractivity contribution in [3.8, 4) is 11.5 Å². The highest BCUT2D eigenvalue weighted by molar-refractivity contribution is 6.05. The smallest absolute Gasteiger partial charge is 0.255 e. The van der Waals surface area contributed by atoms with Crippen LogP contribution in [0, 0.1) is 0 Å². The molecule has 2 aromatic rings. The van der Waals surface area contributed by atoms with Gasteiger partial charge in [-0.3, -0.25) is 9.59 Å². The number of anilines is 1. The van der Waals surface area contributed by atoms with Gasteiger partial charge in [0.15, 0.2) is 0 Å². The Hall–Kier alpha value is -3.02. The number of carbonyl (C=O) groups is 2. The highest BCUT2D eigenvalue weighted by atomic mass is 16.5. The molecule has 1 heterocycles. The van der Waals surface area contributed by atoms with Crippen LogP contribution in [0.2, 0.25) is 0 Å². The number of ether oxygens (including phenoxy) is 2. The number of hydrogen-bond acceptors (Lipinski definition) is 4. The van der Waals surface area contributed by atoms with E-state index in [9.17, 15) is 9.59 Å². The van der Waals surface area contributed by atoms with Gasteiger partial charge in [-0.25, -0.2) is 0 Å². The molecule has 24 heavy (non-hydrogen) atoms. The number of nitrogens with one attached hydrogen (secondary N) is 2. The molecule has 2 N–H and O–H groups in total. The Morgan fingerprint density at radius 3 is 2.79 bits per heavy atom. The van der Waals surface area contributed by atoms with Crippen LogP contribution in [0.4, 0.5) is 5.69 Å². The summed E-state index contributed by atoms with van der Waals surface area (Å²) in [5, 5.41) is 5.53. The number of rotatable bonds is 4. The van der Waals surface area contributed by atoms with E-state index in [1.54, 1.807) is 42.5 Å². The third-order valence-electron chi connectivity index (χ3n) is 3.55. The first-order valence-corrected chi connectivity index (χ1v) is 7.76. The van der Waals surface area contributed by atoms with Crippen LogP contribution in [-0.4, -0.2) is 31.6 Å². The summed E-state index contributed by atoms with van der Waals surface area (Å²) in [6.07, 6.45) is 0. The van der Waals surface area contributed by atoms with E-state index in [0.717, 1.165) is 0 Å². The van der Waals surface area contributed by atoms with Gasteiger partial charge in [0.2, 0.25) is 0 Å². The fourth-order valence-corrected chi connectivity index (χ4v) is 2.40. The minimum atomic E-state index is -0.257. The molecule has 0 unspecified atom stereocenters. The molecule has 0 aliphatic carbocycles. The quantitative estimate of drug-likeness (QED) is 0.905. The maximum Gasteiger partial charge on any atom is 0.255 e. The van der Waals surface area contributed by atoms with Crippen molar-refractivity contribution in [3.63, 3.8) is 0 Å². The zero-order valence-corrected chi connectivity index (χ0v) is 13.3. The molecular formula is C18H18N2O4. The molecular weight excluding hydrogens is 308 g/mol. The molecule has 1 aliphatic heterocycles. The van der Waals surface area contributed by atoms with E-state index < -0.39 is 0 Å². The molecule has 1 aliphatic rings. The van der Waals surface area contributed by atoms with E-state index in [-0.39, 0.29) is 11.8 Å². The van der Waals surface area contributed by atoms with Gasteiger partial charge in [0, 0.05) is 11.3 Å². The maximum atomic E-state index is 12.3. The fraction of sp³-hybridized carbons (Fsp3) is 0.222. The Morgan fingerprint density at radius 1 is 1.25 bits per heavy atom. The van der Waals surface area contributed by atoms with Gasteiger partial charge in [-0.05, 0) is 49.4 Å². The molecule has 3 rings (SSSR count). The third-order valence-corrected chi connectivity index (χ3v) is 3.55. The first-order valence-electron chi connectivity index (χ1n) is 7.76. The second-order valence-electron chi connectivity index (χ2n) is 5.23. The molecule has 0 radical (unpaired) electrons. The van der Waals surface area contributed by atoms with Gasteiger partial charge >= 0.3 is 0 Å². The summed E-state index contributed by atoms with van der Waals surface area (Å²) in [7, 11) is 0. The highest BCUT2D eigenvalue weighted by Crippen LogP contribution is 2.24. The van der Waals surface area contributed by atoms with Gasteiger partial charge in [0.05, 0.1) is 18.7 Å². The van der Waals surface area contributed by atoms with E-state index in [0.29, 0.717) is 48.1 Å².